The monoisotopic (exact) mass is 351 g/mol. The highest BCUT2D eigenvalue weighted by Crippen LogP contribution is 2.13. The van der Waals surface area contributed by atoms with Crippen LogP contribution in [0.2, 0.25) is 0 Å². The summed E-state index contributed by atoms with van der Waals surface area (Å²) in [5, 5.41) is 0.564. The van der Waals surface area contributed by atoms with E-state index in [1.165, 1.54) is 10.9 Å². The first-order valence-electron chi connectivity index (χ1n) is 8.39. The van der Waals surface area contributed by atoms with Gasteiger partial charge in [0.1, 0.15) is 5.75 Å². The van der Waals surface area contributed by atoms with Crippen molar-refractivity contribution in [3.05, 3.63) is 70.8 Å². The molecule has 0 spiro atoms. The van der Waals surface area contributed by atoms with Gasteiger partial charge in [0, 0.05) is 26.6 Å². The normalized spacial score (nSPS) is 10.7. The van der Waals surface area contributed by atoms with E-state index in [9.17, 15) is 9.59 Å². The molecule has 0 saturated carbocycles. The van der Waals surface area contributed by atoms with Gasteiger partial charge in [-0.15, -0.1) is 0 Å². The molecule has 0 bridgehead atoms. The Morgan fingerprint density at radius 1 is 1.15 bits per heavy atom. The number of carbonyl (C=O) groups excluding carboxylic acids is 1. The summed E-state index contributed by atoms with van der Waals surface area (Å²) >= 11 is 0. The summed E-state index contributed by atoms with van der Waals surface area (Å²) in [7, 11) is 3.38. The van der Waals surface area contributed by atoms with Crippen LogP contribution in [0.5, 0.6) is 5.75 Å². The van der Waals surface area contributed by atoms with Crippen LogP contribution in [0, 0.1) is 0 Å². The van der Waals surface area contributed by atoms with Gasteiger partial charge in [-0.3, -0.25) is 14.2 Å². The zero-order valence-corrected chi connectivity index (χ0v) is 14.9. The molecule has 1 aromatic heterocycles. The Morgan fingerprint density at radius 2 is 1.88 bits per heavy atom. The predicted molar refractivity (Wildman–Crippen MR) is 100 cm³/mol. The molecule has 0 unspecified atom stereocenters. The van der Waals surface area contributed by atoms with E-state index in [0.717, 1.165) is 11.3 Å². The lowest BCUT2D eigenvalue weighted by molar-refractivity contribution is -0.130. The molecule has 0 aliphatic carbocycles. The lowest BCUT2D eigenvalue weighted by Crippen LogP contribution is -2.29. The van der Waals surface area contributed by atoms with E-state index in [-0.39, 0.29) is 17.9 Å². The fraction of sp³-hybridized carbons (Fsp3) is 0.250. The molecule has 0 radical (unpaired) electrons. The zero-order valence-electron chi connectivity index (χ0n) is 14.9. The largest absolute Gasteiger partial charge is 0.497 e. The van der Waals surface area contributed by atoms with E-state index in [1.807, 2.05) is 36.4 Å². The SMILES string of the molecule is COc1ccc(CN(C)C(=O)CCn2cnc3ccccc3c2=O)cc1. The Kier molecular flexibility index (Phi) is 5.31. The van der Waals surface area contributed by atoms with E-state index in [1.54, 1.807) is 31.2 Å². The number of fused-ring (bicyclic) bond motifs is 1. The summed E-state index contributed by atoms with van der Waals surface area (Å²) in [5.74, 6) is 0.756. The van der Waals surface area contributed by atoms with Crippen molar-refractivity contribution >= 4 is 16.8 Å². The lowest BCUT2D eigenvalue weighted by Gasteiger charge is -2.18. The first-order chi connectivity index (χ1) is 12.6. The van der Waals surface area contributed by atoms with Crippen molar-refractivity contribution in [2.75, 3.05) is 14.2 Å². The van der Waals surface area contributed by atoms with Crippen molar-refractivity contribution in [1.82, 2.24) is 14.5 Å². The molecule has 0 N–H and O–H groups in total. The van der Waals surface area contributed by atoms with Crippen molar-refractivity contribution in [2.45, 2.75) is 19.5 Å². The Morgan fingerprint density at radius 3 is 2.62 bits per heavy atom. The van der Waals surface area contributed by atoms with Gasteiger partial charge in [0.2, 0.25) is 5.91 Å². The van der Waals surface area contributed by atoms with Crippen molar-refractivity contribution in [3.63, 3.8) is 0 Å². The molecule has 134 valence electrons. The summed E-state index contributed by atoms with van der Waals surface area (Å²) in [5.41, 5.74) is 1.56. The molecule has 6 heteroatoms. The molecule has 3 rings (SSSR count). The maximum absolute atomic E-state index is 12.4. The van der Waals surface area contributed by atoms with Gasteiger partial charge in [-0.2, -0.15) is 0 Å². The summed E-state index contributed by atoms with van der Waals surface area (Å²) in [6.45, 7) is 0.816. The number of methoxy groups -OCH3 is 1. The minimum absolute atomic E-state index is 0.0270. The van der Waals surface area contributed by atoms with Crippen LogP contribution in [0.25, 0.3) is 10.9 Å². The zero-order chi connectivity index (χ0) is 18.5. The van der Waals surface area contributed by atoms with Gasteiger partial charge < -0.3 is 9.64 Å². The predicted octanol–water partition coefficient (Wildman–Crippen LogP) is 2.45. The Labute approximate surface area is 151 Å². The van der Waals surface area contributed by atoms with Crippen LogP contribution in [-0.4, -0.2) is 34.5 Å². The number of para-hydroxylation sites is 1. The van der Waals surface area contributed by atoms with Gasteiger partial charge in [-0.25, -0.2) is 4.98 Å². The highest BCUT2D eigenvalue weighted by molar-refractivity contribution is 5.77. The molecule has 0 atom stereocenters. The third kappa shape index (κ3) is 3.91. The van der Waals surface area contributed by atoms with Crippen molar-refractivity contribution in [3.8, 4) is 5.75 Å². The number of nitrogens with zero attached hydrogens (tertiary/aromatic N) is 3. The van der Waals surface area contributed by atoms with Gasteiger partial charge in [0.15, 0.2) is 0 Å². The number of aryl methyl sites for hydroxylation is 1. The topological polar surface area (TPSA) is 64.4 Å². The van der Waals surface area contributed by atoms with Crippen LogP contribution < -0.4 is 10.3 Å². The third-order valence-corrected chi connectivity index (χ3v) is 4.30. The van der Waals surface area contributed by atoms with E-state index in [2.05, 4.69) is 4.98 Å². The van der Waals surface area contributed by atoms with Gasteiger partial charge >= 0.3 is 0 Å². The Balaban J connectivity index is 1.62. The van der Waals surface area contributed by atoms with Gasteiger partial charge in [0.05, 0.1) is 24.3 Å². The number of hydrogen-bond acceptors (Lipinski definition) is 4. The Bertz CT molecular complexity index is 964. The van der Waals surface area contributed by atoms with E-state index in [4.69, 9.17) is 4.74 Å². The fourth-order valence-electron chi connectivity index (χ4n) is 2.77. The second-order valence-electron chi connectivity index (χ2n) is 6.11. The van der Waals surface area contributed by atoms with Crippen molar-refractivity contribution < 1.29 is 9.53 Å². The number of benzene rings is 2. The number of carbonyl (C=O) groups is 1. The molecule has 1 amide bonds. The summed E-state index contributed by atoms with van der Waals surface area (Å²) in [6.07, 6.45) is 1.74. The number of hydrogen-bond donors (Lipinski definition) is 0. The average Bonchev–Trinajstić information content (AvgIpc) is 2.68. The average molecular weight is 351 g/mol. The summed E-state index contributed by atoms with van der Waals surface area (Å²) in [4.78, 5) is 30.8. The second-order valence-corrected chi connectivity index (χ2v) is 6.11. The van der Waals surface area contributed by atoms with Gasteiger partial charge in [0.25, 0.3) is 5.56 Å². The fourth-order valence-corrected chi connectivity index (χ4v) is 2.77. The maximum atomic E-state index is 12.4. The molecular weight excluding hydrogens is 330 g/mol. The molecule has 1 heterocycles. The van der Waals surface area contributed by atoms with Crippen LogP contribution in [0.3, 0.4) is 0 Å². The first kappa shape index (κ1) is 17.7. The van der Waals surface area contributed by atoms with E-state index < -0.39 is 0 Å². The lowest BCUT2D eigenvalue weighted by atomic mass is 10.2. The standard InChI is InChI=1S/C20H21N3O3/c1-22(13-15-7-9-16(26-2)10-8-15)19(24)11-12-23-14-21-18-6-4-3-5-17(18)20(23)25/h3-10,14H,11-13H2,1-2H3. The summed E-state index contributed by atoms with van der Waals surface area (Å²) in [6, 6.07) is 14.8. The minimum atomic E-state index is -0.124. The van der Waals surface area contributed by atoms with Gasteiger partial charge in [-0.1, -0.05) is 24.3 Å². The van der Waals surface area contributed by atoms with Crippen LogP contribution in [0.1, 0.15) is 12.0 Å². The van der Waals surface area contributed by atoms with Gasteiger partial charge in [-0.05, 0) is 29.8 Å². The molecule has 26 heavy (non-hydrogen) atoms. The molecule has 0 saturated heterocycles. The molecule has 0 aliphatic heterocycles. The summed E-state index contributed by atoms with van der Waals surface area (Å²) < 4.78 is 6.62. The third-order valence-electron chi connectivity index (χ3n) is 4.30. The molecular formula is C20H21N3O3. The number of aromatic nitrogens is 2. The molecule has 2 aromatic carbocycles. The highest BCUT2D eigenvalue weighted by atomic mass is 16.5. The second kappa shape index (κ2) is 7.82. The first-order valence-corrected chi connectivity index (χ1v) is 8.39. The van der Waals surface area contributed by atoms with Crippen LogP contribution in [-0.2, 0) is 17.9 Å². The highest BCUT2D eigenvalue weighted by Gasteiger charge is 2.11. The van der Waals surface area contributed by atoms with Crippen LogP contribution >= 0.6 is 0 Å². The van der Waals surface area contributed by atoms with Crippen molar-refractivity contribution in [2.24, 2.45) is 0 Å². The van der Waals surface area contributed by atoms with Crippen LogP contribution in [0.15, 0.2) is 59.7 Å². The maximum Gasteiger partial charge on any atom is 0.261 e. The van der Waals surface area contributed by atoms with E-state index >= 15 is 0 Å². The Hall–Kier alpha value is -3.15. The molecule has 3 aromatic rings. The number of rotatable bonds is 6. The van der Waals surface area contributed by atoms with Crippen molar-refractivity contribution in [1.29, 1.82) is 0 Å². The van der Waals surface area contributed by atoms with Crippen LogP contribution in [0.4, 0.5) is 0 Å². The molecule has 0 aliphatic rings. The molecule has 0 fully saturated rings. The van der Waals surface area contributed by atoms with E-state index in [0.29, 0.717) is 24.0 Å². The minimum Gasteiger partial charge on any atom is -0.497 e. The smallest absolute Gasteiger partial charge is 0.261 e. The number of ether oxygens (including phenoxy) is 1. The number of amides is 1. The quantitative estimate of drug-likeness (QED) is 0.684. The molecule has 6 nitrogen and oxygen atoms in total.